The van der Waals surface area contributed by atoms with E-state index in [1.54, 1.807) is 30.3 Å². The summed E-state index contributed by atoms with van der Waals surface area (Å²) in [7, 11) is 0. The molecule has 7 heteroatoms. The standard InChI is InChI=1S/C22H22ClFN2O3/c1-14(2)29-12-4-11-26-21(27)19(15-7-9-16(23)10-8-15)20(22(26)28)25-18-6-3-5-17(24)13-18/h3,5-10,13-14,25H,4,11-12H2,1-2H3. The molecule has 5 nitrogen and oxygen atoms in total. The largest absolute Gasteiger partial charge is 0.379 e. The van der Waals surface area contributed by atoms with E-state index in [1.807, 2.05) is 13.8 Å². The lowest BCUT2D eigenvalue weighted by Gasteiger charge is -2.16. The van der Waals surface area contributed by atoms with Crippen LogP contribution in [0.15, 0.2) is 54.2 Å². The second-order valence-electron chi connectivity index (χ2n) is 6.93. The zero-order valence-electron chi connectivity index (χ0n) is 16.2. The van der Waals surface area contributed by atoms with Crippen molar-refractivity contribution < 1.29 is 18.7 Å². The predicted molar refractivity (Wildman–Crippen MR) is 111 cm³/mol. The van der Waals surface area contributed by atoms with Crippen LogP contribution in [0.2, 0.25) is 5.02 Å². The molecule has 0 aromatic heterocycles. The first-order valence-corrected chi connectivity index (χ1v) is 9.75. The molecule has 0 atom stereocenters. The van der Waals surface area contributed by atoms with E-state index in [-0.39, 0.29) is 23.9 Å². The summed E-state index contributed by atoms with van der Waals surface area (Å²) in [5.74, 6) is -1.29. The van der Waals surface area contributed by atoms with Gasteiger partial charge in [0.15, 0.2) is 0 Å². The Balaban J connectivity index is 1.90. The van der Waals surface area contributed by atoms with Gasteiger partial charge in [-0.15, -0.1) is 0 Å². The minimum absolute atomic E-state index is 0.0768. The highest BCUT2D eigenvalue weighted by Crippen LogP contribution is 2.31. The Kier molecular flexibility index (Phi) is 6.67. The Morgan fingerprint density at radius 2 is 1.83 bits per heavy atom. The number of hydrogen-bond acceptors (Lipinski definition) is 4. The van der Waals surface area contributed by atoms with E-state index >= 15 is 0 Å². The topological polar surface area (TPSA) is 58.6 Å². The molecule has 0 unspecified atom stereocenters. The van der Waals surface area contributed by atoms with Crippen LogP contribution >= 0.6 is 11.6 Å². The van der Waals surface area contributed by atoms with Gasteiger partial charge in [-0.25, -0.2) is 4.39 Å². The highest BCUT2D eigenvalue weighted by atomic mass is 35.5. The normalized spacial score (nSPS) is 14.3. The molecule has 0 saturated carbocycles. The maximum Gasteiger partial charge on any atom is 0.278 e. The van der Waals surface area contributed by atoms with Crippen molar-refractivity contribution in [3.05, 3.63) is 70.6 Å². The summed E-state index contributed by atoms with van der Waals surface area (Å²) in [6.45, 7) is 4.52. The molecule has 3 rings (SSSR count). The molecule has 29 heavy (non-hydrogen) atoms. The van der Waals surface area contributed by atoms with E-state index < -0.39 is 17.6 Å². The van der Waals surface area contributed by atoms with Crippen LogP contribution in [0.5, 0.6) is 0 Å². The van der Waals surface area contributed by atoms with Crippen molar-refractivity contribution >= 4 is 34.7 Å². The van der Waals surface area contributed by atoms with Gasteiger partial charge in [-0.3, -0.25) is 14.5 Å². The fourth-order valence-electron chi connectivity index (χ4n) is 3.03. The lowest BCUT2D eigenvalue weighted by molar-refractivity contribution is -0.137. The van der Waals surface area contributed by atoms with Gasteiger partial charge in [-0.05, 0) is 56.2 Å². The highest BCUT2D eigenvalue weighted by molar-refractivity contribution is 6.36. The molecule has 2 aromatic rings. The maximum atomic E-state index is 13.6. The zero-order chi connectivity index (χ0) is 21.0. The number of nitrogens with zero attached hydrogens (tertiary/aromatic N) is 1. The van der Waals surface area contributed by atoms with Crippen molar-refractivity contribution in [3.8, 4) is 0 Å². The predicted octanol–water partition coefficient (Wildman–Crippen LogP) is 4.49. The lowest BCUT2D eigenvalue weighted by Crippen LogP contribution is -2.34. The van der Waals surface area contributed by atoms with Gasteiger partial charge in [-0.2, -0.15) is 0 Å². The van der Waals surface area contributed by atoms with Gasteiger partial charge >= 0.3 is 0 Å². The van der Waals surface area contributed by atoms with E-state index in [1.165, 1.54) is 23.1 Å². The number of benzene rings is 2. The van der Waals surface area contributed by atoms with Gasteiger partial charge in [0.2, 0.25) is 0 Å². The van der Waals surface area contributed by atoms with E-state index in [0.717, 1.165) is 0 Å². The third-order valence-electron chi connectivity index (χ3n) is 4.37. The third kappa shape index (κ3) is 5.02. The van der Waals surface area contributed by atoms with E-state index in [4.69, 9.17) is 16.3 Å². The van der Waals surface area contributed by atoms with Gasteiger partial charge in [0.25, 0.3) is 11.8 Å². The molecule has 0 saturated heterocycles. The Hall–Kier alpha value is -2.70. The monoisotopic (exact) mass is 416 g/mol. The Labute approximate surface area is 174 Å². The van der Waals surface area contributed by atoms with E-state index in [0.29, 0.717) is 29.3 Å². The molecule has 1 aliphatic rings. The molecule has 2 aromatic carbocycles. The summed E-state index contributed by atoms with van der Waals surface area (Å²) < 4.78 is 19.1. The van der Waals surface area contributed by atoms with Crippen LogP contribution in [0.4, 0.5) is 10.1 Å². The van der Waals surface area contributed by atoms with Crippen LogP contribution in [-0.4, -0.2) is 36.0 Å². The summed E-state index contributed by atoms with van der Waals surface area (Å²) in [6.07, 6.45) is 0.601. The second-order valence-corrected chi connectivity index (χ2v) is 7.36. The van der Waals surface area contributed by atoms with Crippen molar-refractivity contribution in [2.45, 2.75) is 26.4 Å². The molecule has 2 amide bonds. The number of hydrogen-bond donors (Lipinski definition) is 1. The molecule has 1 heterocycles. The minimum Gasteiger partial charge on any atom is -0.379 e. The molecule has 0 fully saturated rings. The smallest absolute Gasteiger partial charge is 0.278 e. The number of rotatable bonds is 8. The van der Waals surface area contributed by atoms with Gasteiger partial charge in [0.1, 0.15) is 11.5 Å². The van der Waals surface area contributed by atoms with Crippen LogP contribution in [0, 0.1) is 5.82 Å². The summed E-state index contributed by atoms with van der Waals surface area (Å²) in [5, 5.41) is 3.45. The third-order valence-corrected chi connectivity index (χ3v) is 4.62. The van der Waals surface area contributed by atoms with E-state index in [9.17, 15) is 14.0 Å². The van der Waals surface area contributed by atoms with Gasteiger partial charge < -0.3 is 10.1 Å². The summed E-state index contributed by atoms with van der Waals surface area (Å²) in [5.41, 5.74) is 1.30. The number of ether oxygens (including phenoxy) is 1. The first-order valence-electron chi connectivity index (χ1n) is 9.37. The number of carbonyl (C=O) groups excluding carboxylic acids is 2. The molecule has 1 N–H and O–H groups in total. The minimum atomic E-state index is -0.450. The molecular weight excluding hydrogens is 395 g/mol. The number of nitrogens with one attached hydrogen (secondary N) is 1. The molecule has 0 spiro atoms. The van der Waals surface area contributed by atoms with Crippen molar-refractivity contribution in [2.24, 2.45) is 0 Å². The number of amides is 2. The van der Waals surface area contributed by atoms with E-state index in [2.05, 4.69) is 5.32 Å². The van der Waals surface area contributed by atoms with Crippen LogP contribution in [-0.2, 0) is 14.3 Å². The first-order chi connectivity index (χ1) is 13.9. The first kappa shape index (κ1) is 21.0. The number of carbonyl (C=O) groups is 2. The quantitative estimate of drug-likeness (QED) is 0.509. The van der Waals surface area contributed by atoms with Crippen molar-refractivity contribution in [3.63, 3.8) is 0 Å². The van der Waals surface area contributed by atoms with Crippen molar-refractivity contribution in [2.75, 3.05) is 18.5 Å². The fourth-order valence-corrected chi connectivity index (χ4v) is 3.16. The average Bonchev–Trinajstić information content (AvgIpc) is 2.90. The Morgan fingerprint density at radius 1 is 1.10 bits per heavy atom. The molecule has 0 bridgehead atoms. The summed E-state index contributed by atoms with van der Waals surface area (Å²) in [4.78, 5) is 27.3. The Bertz CT molecular complexity index is 941. The van der Waals surface area contributed by atoms with Crippen molar-refractivity contribution in [1.29, 1.82) is 0 Å². The highest BCUT2D eigenvalue weighted by Gasteiger charge is 2.38. The molecule has 0 radical (unpaired) electrons. The van der Waals surface area contributed by atoms with Crippen LogP contribution in [0.3, 0.4) is 0 Å². The van der Waals surface area contributed by atoms with Crippen LogP contribution in [0.25, 0.3) is 5.57 Å². The van der Waals surface area contributed by atoms with Crippen LogP contribution in [0.1, 0.15) is 25.8 Å². The van der Waals surface area contributed by atoms with Crippen LogP contribution < -0.4 is 5.32 Å². The molecule has 152 valence electrons. The van der Waals surface area contributed by atoms with Crippen molar-refractivity contribution in [1.82, 2.24) is 4.90 Å². The van der Waals surface area contributed by atoms with Gasteiger partial charge in [0, 0.05) is 23.9 Å². The number of imide groups is 1. The SMILES string of the molecule is CC(C)OCCCN1C(=O)C(Nc2cccc(F)c2)=C(c2ccc(Cl)cc2)C1=O. The molecular formula is C22H22ClFN2O3. The molecule has 1 aliphatic heterocycles. The average molecular weight is 417 g/mol. The summed E-state index contributed by atoms with van der Waals surface area (Å²) >= 11 is 5.96. The number of halogens is 2. The summed E-state index contributed by atoms with van der Waals surface area (Å²) in [6, 6.07) is 12.4. The maximum absolute atomic E-state index is 13.6. The number of anilines is 1. The van der Waals surface area contributed by atoms with Gasteiger partial charge in [-0.1, -0.05) is 29.8 Å². The van der Waals surface area contributed by atoms with Gasteiger partial charge in [0.05, 0.1) is 11.7 Å². The second kappa shape index (κ2) is 9.20. The lowest BCUT2D eigenvalue weighted by atomic mass is 10.0. The fraction of sp³-hybridized carbons (Fsp3) is 0.273. The zero-order valence-corrected chi connectivity index (χ0v) is 17.0. The Morgan fingerprint density at radius 3 is 2.48 bits per heavy atom. The molecule has 0 aliphatic carbocycles.